The Labute approximate surface area is 165 Å². The number of carbonyl (C=O) groups excluding carboxylic acids is 2. The van der Waals surface area contributed by atoms with Crippen LogP contribution in [-0.4, -0.2) is 16.6 Å². The van der Waals surface area contributed by atoms with Gasteiger partial charge in [-0.25, -0.2) is 0 Å². The Hall–Kier alpha value is -3.20. The Balaban J connectivity index is 1.88. The normalized spacial score (nSPS) is 22.1. The van der Waals surface area contributed by atoms with Crippen LogP contribution in [0.5, 0.6) is 0 Å². The summed E-state index contributed by atoms with van der Waals surface area (Å²) in [7, 11) is 0. The average Bonchev–Trinajstić information content (AvgIpc) is 2.74. The molecule has 0 bridgehead atoms. The van der Waals surface area contributed by atoms with Crippen molar-refractivity contribution in [3.05, 3.63) is 108 Å². The summed E-state index contributed by atoms with van der Waals surface area (Å²) in [6, 6.07) is 29.0. The molecule has 3 heteroatoms. The number of rotatable bonds is 3. The zero-order valence-corrected chi connectivity index (χ0v) is 15.9. The Bertz CT molecular complexity index is 954. The highest BCUT2D eigenvalue weighted by molar-refractivity contribution is 5.90. The molecule has 0 N–H and O–H groups in total. The van der Waals surface area contributed by atoms with E-state index in [0.29, 0.717) is 6.42 Å². The van der Waals surface area contributed by atoms with Crippen molar-refractivity contribution in [2.45, 2.75) is 31.3 Å². The fourth-order valence-corrected chi connectivity index (χ4v) is 4.35. The van der Waals surface area contributed by atoms with E-state index >= 15 is 0 Å². The summed E-state index contributed by atoms with van der Waals surface area (Å²) in [5, 5.41) is 0. The average molecular weight is 369 g/mol. The molecule has 1 saturated heterocycles. The van der Waals surface area contributed by atoms with Crippen LogP contribution in [-0.2, 0) is 9.59 Å². The van der Waals surface area contributed by atoms with Crippen LogP contribution in [0.3, 0.4) is 0 Å². The minimum absolute atomic E-state index is 0.0175. The second kappa shape index (κ2) is 7.81. The maximum absolute atomic E-state index is 13.4. The SMILES string of the molecule is CC(=O)N1[C@@H](c2ccccc2)CC(=O)[C@H](c2ccccc2)[C@H]1c1ccccc1. The Morgan fingerprint density at radius 3 is 1.71 bits per heavy atom. The summed E-state index contributed by atoms with van der Waals surface area (Å²) >= 11 is 0. The molecular weight excluding hydrogens is 346 g/mol. The number of piperidine rings is 1. The number of nitrogens with zero attached hydrogens (tertiary/aromatic N) is 1. The van der Waals surface area contributed by atoms with Crippen LogP contribution in [0.2, 0.25) is 0 Å². The third kappa shape index (κ3) is 3.36. The van der Waals surface area contributed by atoms with Crippen LogP contribution >= 0.6 is 0 Å². The maximum atomic E-state index is 13.4. The molecule has 1 heterocycles. The van der Waals surface area contributed by atoms with Gasteiger partial charge in [0.2, 0.25) is 5.91 Å². The van der Waals surface area contributed by atoms with Crippen LogP contribution in [0.15, 0.2) is 91.0 Å². The second-order valence-corrected chi connectivity index (χ2v) is 7.27. The molecule has 0 aromatic heterocycles. The molecule has 0 unspecified atom stereocenters. The van der Waals surface area contributed by atoms with E-state index < -0.39 is 0 Å². The summed E-state index contributed by atoms with van der Waals surface area (Å²) in [6.07, 6.45) is 0.326. The van der Waals surface area contributed by atoms with Gasteiger partial charge in [-0.3, -0.25) is 9.59 Å². The number of hydrogen-bond donors (Lipinski definition) is 0. The van der Waals surface area contributed by atoms with Crippen molar-refractivity contribution in [1.82, 2.24) is 4.90 Å². The smallest absolute Gasteiger partial charge is 0.220 e. The van der Waals surface area contributed by atoms with Gasteiger partial charge in [-0.15, -0.1) is 0 Å². The summed E-state index contributed by atoms with van der Waals surface area (Å²) in [4.78, 5) is 28.2. The lowest BCUT2D eigenvalue weighted by Gasteiger charge is -2.46. The zero-order chi connectivity index (χ0) is 19.5. The van der Waals surface area contributed by atoms with E-state index in [9.17, 15) is 9.59 Å². The lowest BCUT2D eigenvalue weighted by molar-refractivity contribution is -0.142. The molecule has 1 fully saturated rings. The first-order valence-corrected chi connectivity index (χ1v) is 9.63. The Morgan fingerprint density at radius 1 is 0.750 bits per heavy atom. The number of ketones is 1. The summed E-state index contributed by atoms with van der Waals surface area (Å²) in [5.74, 6) is -0.213. The third-order valence-corrected chi connectivity index (χ3v) is 5.54. The Morgan fingerprint density at radius 2 is 1.21 bits per heavy atom. The summed E-state index contributed by atoms with van der Waals surface area (Å²) in [5.41, 5.74) is 2.94. The monoisotopic (exact) mass is 369 g/mol. The van der Waals surface area contributed by atoms with Gasteiger partial charge in [0.25, 0.3) is 0 Å². The molecule has 4 rings (SSSR count). The van der Waals surface area contributed by atoms with Gasteiger partial charge < -0.3 is 4.90 Å². The van der Waals surface area contributed by atoms with Gasteiger partial charge in [-0.05, 0) is 16.7 Å². The molecule has 0 aliphatic carbocycles. The highest BCUT2D eigenvalue weighted by Crippen LogP contribution is 2.47. The summed E-state index contributed by atoms with van der Waals surface area (Å²) < 4.78 is 0. The lowest BCUT2D eigenvalue weighted by atomic mass is 9.75. The standard InChI is InChI=1S/C25H23NO2/c1-18(27)26-22(19-11-5-2-6-12-19)17-23(28)24(20-13-7-3-8-14-20)25(26)21-15-9-4-10-16-21/h2-16,22,24-25H,17H2,1H3/t22-,24+,25-/m1/s1. The highest BCUT2D eigenvalue weighted by atomic mass is 16.2. The first kappa shape index (κ1) is 18.2. The molecule has 1 aliphatic rings. The molecule has 140 valence electrons. The van der Waals surface area contributed by atoms with E-state index in [1.54, 1.807) is 6.92 Å². The topological polar surface area (TPSA) is 37.4 Å². The van der Waals surface area contributed by atoms with Gasteiger partial charge in [0, 0.05) is 13.3 Å². The van der Waals surface area contributed by atoms with Gasteiger partial charge in [0.05, 0.1) is 18.0 Å². The van der Waals surface area contributed by atoms with Crippen LogP contribution in [0.25, 0.3) is 0 Å². The zero-order valence-electron chi connectivity index (χ0n) is 15.9. The van der Waals surface area contributed by atoms with Crippen molar-refractivity contribution in [2.24, 2.45) is 0 Å². The lowest BCUT2D eigenvalue weighted by Crippen LogP contribution is -2.46. The maximum Gasteiger partial charge on any atom is 0.220 e. The van der Waals surface area contributed by atoms with Gasteiger partial charge in [0.15, 0.2) is 0 Å². The fraction of sp³-hybridized carbons (Fsp3) is 0.200. The van der Waals surface area contributed by atoms with Gasteiger partial charge >= 0.3 is 0 Å². The molecule has 0 radical (unpaired) electrons. The molecule has 3 aromatic carbocycles. The third-order valence-electron chi connectivity index (χ3n) is 5.54. The number of Topliss-reactive ketones (excluding diaryl/α,β-unsaturated/α-hetero) is 1. The van der Waals surface area contributed by atoms with E-state index in [1.165, 1.54) is 0 Å². The van der Waals surface area contributed by atoms with E-state index in [4.69, 9.17) is 0 Å². The molecule has 1 aliphatic heterocycles. The first-order valence-electron chi connectivity index (χ1n) is 9.63. The van der Waals surface area contributed by atoms with Crippen LogP contribution < -0.4 is 0 Å². The molecule has 3 nitrogen and oxygen atoms in total. The van der Waals surface area contributed by atoms with E-state index in [-0.39, 0.29) is 29.7 Å². The van der Waals surface area contributed by atoms with Gasteiger partial charge in [-0.1, -0.05) is 91.0 Å². The van der Waals surface area contributed by atoms with Crippen molar-refractivity contribution in [3.8, 4) is 0 Å². The van der Waals surface area contributed by atoms with Crippen molar-refractivity contribution in [2.75, 3.05) is 0 Å². The van der Waals surface area contributed by atoms with Crippen molar-refractivity contribution in [1.29, 1.82) is 0 Å². The van der Waals surface area contributed by atoms with Crippen LogP contribution in [0.4, 0.5) is 0 Å². The number of amides is 1. The van der Waals surface area contributed by atoms with Crippen LogP contribution in [0, 0.1) is 0 Å². The Kier molecular flexibility index (Phi) is 5.07. The predicted molar refractivity (Wildman–Crippen MR) is 110 cm³/mol. The molecule has 0 saturated carbocycles. The largest absolute Gasteiger partial charge is 0.327 e. The minimum Gasteiger partial charge on any atom is -0.327 e. The molecular formula is C25H23NO2. The molecule has 3 atom stereocenters. The van der Waals surface area contributed by atoms with Crippen molar-refractivity contribution in [3.63, 3.8) is 0 Å². The van der Waals surface area contributed by atoms with E-state index in [2.05, 4.69) is 0 Å². The van der Waals surface area contributed by atoms with Gasteiger partial charge in [0.1, 0.15) is 5.78 Å². The fourth-order valence-electron chi connectivity index (χ4n) is 4.35. The highest BCUT2D eigenvalue weighted by Gasteiger charge is 2.45. The minimum atomic E-state index is -0.368. The quantitative estimate of drug-likeness (QED) is 0.646. The number of benzene rings is 3. The number of hydrogen-bond acceptors (Lipinski definition) is 2. The molecule has 3 aromatic rings. The molecule has 1 amide bonds. The first-order chi connectivity index (χ1) is 13.7. The molecule has 0 spiro atoms. The van der Waals surface area contributed by atoms with E-state index in [0.717, 1.165) is 16.7 Å². The van der Waals surface area contributed by atoms with Crippen LogP contribution in [0.1, 0.15) is 48.0 Å². The number of likely N-dealkylation sites (tertiary alicyclic amines) is 1. The van der Waals surface area contributed by atoms with Gasteiger partial charge in [-0.2, -0.15) is 0 Å². The molecule has 28 heavy (non-hydrogen) atoms. The number of carbonyl (C=O) groups is 2. The predicted octanol–water partition coefficient (Wildman–Crippen LogP) is 5.07. The van der Waals surface area contributed by atoms with Crippen molar-refractivity contribution >= 4 is 11.7 Å². The second-order valence-electron chi connectivity index (χ2n) is 7.27. The summed E-state index contributed by atoms with van der Waals surface area (Å²) in [6.45, 7) is 1.60. The van der Waals surface area contributed by atoms with E-state index in [1.807, 2.05) is 95.9 Å². The van der Waals surface area contributed by atoms with Crippen molar-refractivity contribution < 1.29 is 9.59 Å².